The average molecular weight is 704 g/mol. The van der Waals surface area contributed by atoms with Crippen LogP contribution in [0.25, 0.3) is 4.98 Å². The maximum absolute atomic E-state index is 11.7. The molecule has 0 aliphatic carbocycles. The van der Waals surface area contributed by atoms with Crippen molar-refractivity contribution >= 4 is 42.5 Å². The molecule has 0 unspecified atom stereocenters. The van der Waals surface area contributed by atoms with E-state index in [0.717, 1.165) is 0 Å². The van der Waals surface area contributed by atoms with Crippen molar-refractivity contribution in [1.82, 2.24) is 10.0 Å². The minimum Gasteiger partial charge on any atom is -1.00 e. The fourth-order valence-electron chi connectivity index (χ4n) is 3.27. The molecule has 3 aromatic rings. The molecule has 0 radical (unpaired) electrons. The number of esters is 3. The van der Waals surface area contributed by atoms with E-state index in [1.165, 1.54) is 12.1 Å². The molecule has 50 heavy (non-hydrogen) atoms. The molecule has 0 amide bonds. The number of benzene rings is 3. The van der Waals surface area contributed by atoms with E-state index in [1.807, 2.05) is 0 Å². The number of hydrogen-bond acceptors (Lipinski definition) is 11. The van der Waals surface area contributed by atoms with E-state index in [2.05, 4.69) is 25.7 Å². The number of carbonyl (C=O) groups excluding carboxylic acids is 3. The molecule has 268 valence electrons. The summed E-state index contributed by atoms with van der Waals surface area (Å²) in [5.74, 6) is -1.09. The summed E-state index contributed by atoms with van der Waals surface area (Å²) in [5, 5.41) is 28.3. The zero-order chi connectivity index (χ0) is 36.6. The third-order valence-electron chi connectivity index (χ3n) is 5.62. The van der Waals surface area contributed by atoms with Crippen LogP contribution in [0.3, 0.4) is 0 Å². The van der Waals surface area contributed by atoms with Crippen molar-refractivity contribution in [3.8, 4) is 0 Å². The van der Waals surface area contributed by atoms with E-state index in [1.54, 1.807) is 106 Å². The quantitative estimate of drug-likeness (QED) is 0.0461. The molecule has 19 heteroatoms. The normalized spacial score (nSPS) is 9.90. The molecule has 0 saturated carbocycles. The molecule has 0 atom stereocenters. The van der Waals surface area contributed by atoms with E-state index >= 15 is 0 Å². The fourth-order valence-corrected chi connectivity index (χ4v) is 3.27. The first kappa shape index (κ1) is 44.1. The molecular weight excluding hydrogens is 667 g/mol. The van der Waals surface area contributed by atoms with Gasteiger partial charge >= 0.3 is 31.1 Å². The van der Waals surface area contributed by atoms with Crippen molar-refractivity contribution in [2.45, 2.75) is 20.8 Å². The number of nitrogens with zero attached hydrogens (tertiary/aromatic N) is 8. The molecule has 0 aromatic heterocycles. The SMILES string of the molecule is CCOC(=O)c1ccc(N=NN(C)CCN(C)N=Nc2ccc(C(=O)OCC)cc2)cc1.CCOC(=O)c1ccc([N+]#N)cc1.FB(F)F.[F-]. The van der Waals surface area contributed by atoms with Gasteiger partial charge in [0.15, 0.2) is 4.98 Å². The minimum atomic E-state index is -3.67. The molecule has 0 aliphatic rings. The van der Waals surface area contributed by atoms with Crippen LogP contribution < -0.4 is 4.70 Å². The van der Waals surface area contributed by atoms with Crippen LogP contribution in [0.1, 0.15) is 51.8 Å². The first-order valence-corrected chi connectivity index (χ1v) is 14.8. The van der Waals surface area contributed by atoms with Gasteiger partial charge in [-0.15, -0.1) is 10.2 Å². The van der Waals surface area contributed by atoms with Gasteiger partial charge in [-0.25, -0.2) is 14.4 Å². The zero-order valence-corrected chi connectivity index (χ0v) is 28.1. The lowest BCUT2D eigenvalue weighted by Crippen LogP contribution is -3.00. The van der Waals surface area contributed by atoms with Gasteiger partial charge in [0.1, 0.15) is 0 Å². The summed E-state index contributed by atoms with van der Waals surface area (Å²) in [4.78, 5) is 37.4. The highest BCUT2D eigenvalue weighted by Crippen LogP contribution is 2.16. The van der Waals surface area contributed by atoms with Gasteiger partial charge in [0.05, 0.1) is 61.0 Å². The molecule has 0 aliphatic heterocycles. The maximum atomic E-state index is 11.7. The van der Waals surface area contributed by atoms with Crippen LogP contribution in [0, 0.1) is 5.39 Å². The number of carbonyl (C=O) groups is 3. The molecule has 3 rings (SSSR count). The molecule has 0 heterocycles. The van der Waals surface area contributed by atoms with Gasteiger partial charge in [0, 0.05) is 26.2 Å². The van der Waals surface area contributed by atoms with Crippen LogP contribution in [0.15, 0.2) is 93.5 Å². The Hall–Kier alpha value is -5.93. The molecule has 0 saturated heterocycles. The summed E-state index contributed by atoms with van der Waals surface area (Å²) in [6, 6.07) is 19.6. The summed E-state index contributed by atoms with van der Waals surface area (Å²) >= 11 is 0. The Morgan fingerprint density at radius 3 is 1.18 bits per heavy atom. The minimum absolute atomic E-state index is 0. The van der Waals surface area contributed by atoms with Gasteiger partial charge in [-0.05, 0) is 81.4 Å². The van der Waals surface area contributed by atoms with Crippen molar-refractivity contribution < 1.29 is 46.2 Å². The smallest absolute Gasteiger partial charge is 0.762 e. The van der Waals surface area contributed by atoms with Gasteiger partial charge in [-0.2, -0.15) is 0 Å². The second-order valence-corrected chi connectivity index (χ2v) is 9.29. The van der Waals surface area contributed by atoms with Crippen LogP contribution in [0.5, 0.6) is 0 Å². The van der Waals surface area contributed by atoms with Crippen LogP contribution in [-0.4, -0.2) is 82.5 Å². The molecule has 0 bridgehead atoms. The summed E-state index contributed by atoms with van der Waals surface area (Å²) in [5.41, 5.74) is 3.07. The fraction of sp³-hybridized carbons (Fsp3) is 0.323. The van der Waals surface area contributed by atoms with Gasteiger partial charge in [-0.3, -0.25) is 23.0 Å². The van der Waals surface area contributed by atoms with Crippen LogP contribution in [0.4, 0.5) is 30.0 Å². The van der Waals surface area contributed by atoms with Gasteiger partial charge in [0.25, 0.3) is 0 Å². The largest absolute Gasteiger partial charge is 1.00 e. The first-order chi connectivity index (χ1) is 23.4. The maximum Gasteiger partial charge on any atom is 0.762 e. The lowest BCUT2D eigenvalue weighted by molar-refractivity contribution is -0.0000645. The van der Waals surface area contributed by atoms with Crippen LogP contribution >= 0.6 is 0 Å². The predicted molar refractivity (Wildman–Crippen MR) is 175 cm³/mol. The van der Waals surface area contributed by atoms with Crippen molar-refractivity contribution in [2.75, 3.05) is 47.0 Å². The van der Waals surface area contributed by atoms with Crippen LogP contribution in [0.2, 0.25) is 0 Å². The Bertz CT molecular complexity index is 1460. The lowest BCUT2D eigenvalue weighted by Gasteiger charge is -2.15. The average Bonchev–Trinajstić information content (AvgIpc) is 3.09. The second kappa shape index (κ2) is 25.1. The molecule has 0 fully saturated rings. The molecule has 14 nitrogen and oxygen atoms in total. The molecule has 0 spiro atoms. The summed E-state index contributed by atoms with van der Waals surface area (Å²) < 4.78 is 43.7. The monoisotopic (exact) mass is 704 g/mol. The molecular formula is C31H37BF4N8O6. The van der Waals surface area contributed by atoms with Crippen molar-refractivity contribution in [1.29, 1.82) is 5.39 Å². The molecule has 3 aromatic carbocycles. The second-order valence-electron chi connectivity index (χ2n) is 9.29. The Balaban J connectivity index is 0.00000110. The Morgan fingerprint density at radius 2 is 0.920 bits per heavy atom. The Morgan fingerprint density at radius 1 is 0.640 bits per heavy atom. The van der Waals surface area contributed by atoms with Crippen molar-refractivity contribution in [3.05, 3.63) is 94.5 Å². The van der Waals surface area contributed by atoms with E-state index in [4.69, 9.17) is 19.6 Å². The third kappa shape index (κ3) is 18.4. The number of hydrogen-bond donors (Lipinski definition) is 0. The third-order valence-corrected chi connectivity index (χ3v) is 5.62. The summed E-state index contributed by atoms with van der Waals surface area (Å²) in [7, 11) is -0.0643. The van der Waals surface area contributed by atoms with E-state index < -0.39 is 7.54 Å². The predicted octanol–water partition coefficient (Wildman–Crippen LogP) is 4.83. The van der Waals surface area contributed by atoms with Crippen molar-refractivity contribution in [2.24, 2.45) is 20.7 Å². The summed E-state index contributed by atoms with van der Waals surface area (Å²) in [6.07, 6.45) is 0. The van der Waals surface area contributed by atoms with Gasteiger partial charge in [0.2, 0.25) is 5.39 Å². The standard InChI is InChI=1S/C22H28N6O4.C9H9N2O2.BF3.FH/c1-5-31-21(29)17-7-11-19(12-8-17)23-25-27(3)15-16-28(4)26-24-20-13-9-18(10-14-20)22(30)32-6-2;1-2-13-9(12)7-3-5-8(11-10)6-4-7;2-1(3)4;/h7-14H,5-6,15-16H2,1-4H3;3-6H,2H2,1H3;;1H/q;+1;;/p-1. The van der Waals surface area contributed by atoms with Gasteiger partial charge < -0.3 is 18.9 Å². The molecule has 0 N–H and O–H groups in total. The van der Waals surface area contributed by atoms with Crippen LogP contribution in [-0.2, 0) is 14.2 Å². The van der Waals surface area contributed by atoms with Gasteiger partial charge in [-0.1, -0.05) is 10.4 Å². The highest BCUT2D eigenvalue weighted by atomic mass is 19.4. The van der Waals surface area contributed by atoms with E-state index in [9.17, 15) is 27.3 Å². The number of likely N-dealkylation sites (N-methyl/N-ethyl adjacent to an activating group) is 2. The number of ether oxygens (including phenoxy) is 3. The number of rotatable bonds is 13. The highest BCUT2D eigenvalue weighted by molar-refractivity contribution is 6.33. The Kier molecular flexibility index (Phi) is 22.2. The topological polar surface area (TPSA) is 163 Å². The number of halogens is 4. The highest BCUT2D eigenvalue weighted by Gasteiger charge is 2.10. The van der Waals surface area contributed by atoms with Crippen molar-refractivity contribution in [3.63, 3.8) is 0 Å². The van der Waals surface area contributed by atoms with E-state index in [-0.39, 0.29) is 22.6 Å². The number of diazo groups is 1. The Labute approximate surface area is 287 Å². The first-order valence-electron chi connectivity index (χ1n) is 14.8. The summed E-state index contributed by atoms with van der Waals surface area (Å²) in [6.45, 7) is 7.44. The zero-order valence-electron chi connectivity index (χ0n) is 28.1. The van der Waals surface area contributed by atoms with E-state index in [0.29, 0.717) is 66.7 Å². The lowest BCUT2D eigenvalue weighted by atomic mass is 10.2.